The smallest absolute Gasteiger partial charge is 0.0485 e. The minimum Gasteiger partial charge on any atom is -0.342 e. The Labute approximate surface area is 90.7 Å². The van der Waals surface area contributed by atoms with Gasteiger partial charge in [-0.05, 0) is 43.2 Å². The Bertz CT molecular complexity index is 489. The molecule has 1 aromatic carbocycles. The van der Waals surface area contributed by atoms with E-state index in [4.69, 9.17) is 0 Å². The highest BCUT2D eigenvalue weighted by Crippen LogP contribution is 2.44. The van der Waals surface area contributed by atoms with Crippen molar-refractivity contribution in [2.45, 2.75) is 32.2 Å². The predicted octanol–water partition coefficient (Wildman–Crippen LogP) is 3.79. The summed E-state index contributed by atoms with van der Waals surface area (Å²) in [5.74, 6) is 0.885. The van der Waals surface area contributed by atoms with Gasteiger partial charge in [0.1, 0.15) is 0 Å². The third kappa shape index (κ3) is 1.22. The molecule has 1 nitrogen and oxygen atoms in total. The summed E-state index contributed by atoms with van der Waals surface area (Å²) in [6.07, 6.45) is 4.87. The van der Waals surface area contributed by atoms with Crippen molar-refractivity contribution in [3.63, 3.8) is 0 Å². The lowest BCUT2D eigenvalue weighted by Crippen LogP contribution is -2.42. The van der Waals surface area contributed by atoms with Gasteiger partial charge in [-0.25, -0.2) is 0 Å². The number of fused-ring (bicyclic) bond motifs is 1. The van der Waals surface area contributed by atoms with Crippen LogP contribution in [0.4, 0.5) is 0 Å². The maximum atomic E-state index is 2.46. The Morgan fingerprint density at radius 2 is 1.93 bits per heavy atom. The number of benzene rings is 1. The van der Waals surface area contributed by atoms with Crippen LogP contribution < -0.4 is 0 Å². The summed E-state index contributed by atoms with van der Waals surface area (Å²) in [6, 6.07) is 10.9. The Morgan fingerprint density at radius 3 is 2.67 bits per heavy atom. The predicted molar refractivity (Wildman–Crippen MR) is 64.0 cm³/mol. The van der Waals surface area contributed by atoms with Gasteiger partial charge in [0.2, 0.25) is 0 Å². The van der Waals surface area contributed by atoms with Crippen LogP contribution in [0, 0.1) is 5.92 Å². The molecule has 1 aliphatic rings. The summed E-state index contributed by atoms with van der Waals surface area (Å²) >= 11 is 0. The Morgan fingerprint density at radius 1 is 1.20 bits per heavy atom. The Balaban J connectivity index is 2.12. The summed E-state index contributed by atoms with van der Waals surface area (Å²) in [5, 5.41) is 1.36. The summed E-state index contributed by atoms with van der Waals surface area (Å²) in [7, 11) is 0. The standard InChI is InChI=1S/C14H17N/c1-11-9-14(2,10-11)15-8-7-12-5-3-4-6-13(12)15/h3-8,11H,9-10H2,1-2H3. The fraction of sp³-hybridized carbons (Fsp3) is 0.429. The van der Waals surface area contributed by atoms with E-state index >= 15 is 0 Å². The van der Waals surface area contributed by atoms with Gasteiger partial charge in [0.25, 0.3) is 0 Å². The van der Waals surface area contributed by atoms with E-state index in [-0.39, 0.29) is 0 Å². The molecular weight excluding hydrogens is 182 g/mol. The molecule has 0 radical (unpaired) electrons. The Hall–Kier alpha value is -1.24. The molecular formula is C14H17N. The van der Waals surface area contributed by atoms with Crippen LogP contribution in [0.25, 0.3) is 10.9 Å². The highest BCUT2D eigenvalue weighted by atomic mass is 15.1. The van der Waals surface area contributed by atoms with E-state index in [9.17, 15) is 0 Å². The van der Waals surface area contributed by atoms with Crippen LogP contribution in [0.1, 0.15) is 26.7 Å². The van der Waals surface area contributed by atoms with Crippen LogP contribution in [0.5, 0.6) is 0 Å². The van der Waals surface area contributed by atoms with Gasteiger partial charge in [-0.3, -0.25) is 0 Å². The lowest BCUT2D eigenvalue weighted by molar-refractivity contribution is 0.103. The van der Waals surface area contributed by atoms with Gasteiger partial charge in [0.05, 0.1) is 0 Å². The van der Waals surface area contributed by atoms with E-state index in [2.05, 4.69) is 54.9 Å². The molecule has 15 heavy (non-hydrogen) atoms. The molecule has 1 aliphatic carbocycles. The fourth-order valence-corrected chi connectivity index (χ4v) is 3.19. The van der Waals surface area contributed by atoms with E-state index in [1.54, 1.807) is 0 Å². The molecule has 1 heteroatoms. The van der Waals surface area contributed by atoms with Crippen molar-refractivity contribution in [2.24, 2.45) is 5.92 Å². The molecule has 0 atom stereocenters. The zero-order valence-electron chi connectivity index (χ0n) is 9.40. The second kappa shape index (κ2) is 2.88. The zero-order valence-corrected chi connectivity index (χ0v) is 9.40. The quantitative estimate of drug-likeness (QED) is 0.658. The number of para-hydroxylation sites is 1. The molecule has 0 unspecified atom stereocenters. The Kier molecular flexibility index (Phi) is 1.73. The van der Waals surface area contributed by atoms with Crippen LogP contribution in [-0.4, -0.2) is 4.57 Å². The van der Waals surface area contributed by atoms with Crippen LogP contribution in [0.2, 0.25) is 0 Å². The number of hydrogen-bond donors (Lipinski definition) is 0. The molecule has 3 rings (SSSR count). The molecule has 0 amide bonds. The van der Waals surface area contributed by atoms with E-state index in [0.29, 0.717) is 5.54 Å². The second-order valence-corrected chi connectivity index (χ2v) is 5.25. The fourth-order valence-electron chi connectivity index (χ4n) is 3.19. The summed E-state index contributed by atoms with van der Waals surface area (Å²) < 4.78 is 2.46. The van der Waals surface area contributed by atoms with Crippen LogP contribution in [0.15, 0.2) is 36.5 Å². The molecule has 0 spiro atoms. The van der Waals surface area contributed by atoms with Gasteiger partial charge in [0.15, 0.2) is 0 Å². The lowest BCUT2D eigenvalue weighted by Gasteiger charge is -2.45. The molecule has 1 saturated carbocycles. The van der Waals surface area contributed by atoms with Crippen molar-refractivity contribution in [3.05, 3.63) is 36.5 Å². The number of aromatic nitrogens is 1. The first-order chi connectivity index (χ1) is 7.19. The van der Waals surface area contributed by atoms with Crippen LogP contribution >= 0.6 is 0 Å². The van der Waals surface area contributed by atoms with Crippen molar-refractivity contribution < 1.29 is 0 Å². The van der Waals surface area contributed by atoms with Crippen LogP contribution in [0.3, 0.4) is 0 Å². The first-order valence-electron chi connectivity index (χ1n) is 5.76. The van der Waals surface area contributed by atoms with Crippen molar-refractivity contribution in [1.82, 2.24) is 4.57 Å². The highest BCUT2D eigenvalue weighted by molar-refractivity contribution is 5.80. The molecule has 1 aromatic heterocycles. The van der Waals surface area contributed by atoms with E-state index in [1.165, 1.54) is 23.7 Å². The topological polar surface area (TPSA) is 4.93 Å². The summed E-state index contributed by atoms with van der Waals surface area (Å²) in [4.78, 5) is 0. The SMILES string of the molecule is CC1CC(C)(n2ccc3ccccc32)C1. The van der Waals surface area contributed by atoms with Crippen molar-refractivity contribution in [1.29, 1.82) is 0 Å². The molecule has 1 fully saturated rings. The minimum absolute atomic E-state index is 0.364. The highest BCUT2D eigenvalue weighted by Gasteiger charge is 2.39. The van der Waals surface area contributed by atoms with E-state index < -0.39 is 0 Å². The molecule has 78 valence electrons. The maximum Gasteiger partial charge on any atom is 0.0485 e. The monoisotopic (exact) mass is 199 g/mol. The van der Waals surface area contributed by atoms with Crippen molar-refractivity contribution in [2.75, 3.05) is 0 Å². The van der Waals surface area contributed by atoms with E-state index in [0.717, 1.165) is 5.92 Å². The molecule has 0 aliphatic heterocycles. The molecule has 0 N–H and O–H groups in total. The largest absolute Gasteiger partial charge is 0.342 e. The van der Waals surface area contributed by atoms with Gasteiger partial charge < -0.3 is 4.57 Å². The van der Waals surface area contributed by atoms with Crippen LogP contribution in [-0.2, 0) is 5.54 Å². The molecule has 1 heterocycles. The van der Waals surface area contributed by atoms with Gasteiger partial charge in [-0.15, -0.1) is 0 Å². The average molecular weight is 199 g/mol. The maximum absolute atomic E-state index is 2.46. The number of rotatable bonds is 1. The normalized spacial score (nSPS) is 30.4. The van der Waals surface area contributed by atoms with Crippen molar-refractivity contribution in [3.8, 4) is 0 Å². The summed E-state index contributed by atoms with van der Waals surface area (Å²) in [5.41, 5.74) is 1.74. The second-order valence-electron chi connectivity index (χ2n) is 5.25. The van der Waals surface area contributed by atoms with Gasteiger partial charge >= 0.3 is 0 Å². The third-order valence-electron chi connectivity index (χ3n) is 3.76. The third-order valence-corrected chi connectivity index (χ3v) is 3.76. The van der Waals surface area contributed by atoms with Gasteiger partial charge in [0, 0.05) is 17.3 Å². The first-order valence-corrected chi connectivity index (χ1v) is 5.76. The number of nitrogens with zero attached hydrogens (tertiary/aromatic N) is 1. The zero-order chi connectivity index (χ0) is 10.5. The van der Waals surface area contributed by atoms with E-state index in [1.807, 2.05) is 0 Å². The molecule has 0 bridgehead atoms. The van der Waals surface area contributed by atoms with Gasteiger partial charge in [-0.2, -0.15) is 0 Å². The minimum atomic E-state index is 0.364. The first kappa shape index (κ1) is 9.02. The molecule has 0 saturated heterocycles. The lowest BCUT2D eigenvalue weighted by atomic mass is 9.70. The summed E-state index contributed by atoms with van der Waals surface area (Å²) in [6.45, 7) is 4.72. The average Bonchev–Trinajstić information content (AvgIpc) is 2.59. The van der Waals surface area contributed by atoms with Crippen molar-refractivity contribution >= 4 is 10.9 Å². The molecule has 2 aromatic rings. The number of hydrogen-bond acceptors (Lipinski definition) is 0. The van der Waals surface area contributed by atoms with Gasteiger partial charge in [-0.1, -0.05) is 25.1 Å².